The highest BCUT2D eigenvalue weighted by Gasteiger charge is 2.42. The monoisotopic (exact) mass is 579 g/mol. The van der Waals surface area contributed by atoms with Gasteiger partial charge in [-0.3, -0.25) is 4.79 Å². The van der Waals surface area contributed by atoms with Gasteiger partial charge in [0.05, 0.1) is 49.6 Å². The van der Waals surface area contributed by atoms with E-state index in [1.54, 1.807) is 20.8 Å². The van der Waals surface area contributed by atoms with Crippen molar-refractivity contribution in [2.75, 3.05) is 45.3 Å². The molecule has 2 aliphatic rings. The van der Waals surface area contributed by atoms with Gasteiger partial charge in [-0.25, -0.2) is 14.4 Å². The van der Waals surface area contributed by atoms with Gasteiger partial charge in [0.1, 0.15) is 12.2 Å². The van der Waals surface area contributed by atoms with Crippen LogP contribution in [0.2, 0.25) is 0 Å². The summed E-state index contributed by atoms with van der Waals surface area (Å²) in [5.74, 6) is 0.00145. The Morgan fingerprint density at radius 3 is 2.27 bits per heavy atom. The largest absolute Gasteiger partial charge is 0.460 e. The van der Waals surface area contributed by atoms with Crippen LogP contribution in [0.25, 0.3) is 0 Å². The van der Waals surface area contributed by atoms with Crippen LogP contribution in [0.5, 0.6) is 0 Å². The average Bonchev–Trinajstić information content (AvgIpc) is 3.45. The molecule has 3 atom stereocenters. The lowest BCUT2D eigenvalue weighted by Gasteiger charge is -2.19. The zero-order valence-corrected chi connectivity index (χ0v) is 24.3. The van der Waals surface area contributed by atoms with Gasteiger partial charge in [-0.2, -0.15) is 11.8 Å². The zero-order valence-electron chi connectivity index (χ0n) is 23.5. The predicted octanol–water partition coefficient (Wildman–Crippen LogP) is 2.67. The van der Waals surface area contributed by atoms with Crippen LogP contribution in [0.4, 0.5) is 4.79 Å². The van der Waals surface area contributed by atoms with Gasteiger partial charge >= 0.3 is 18.0 Å². The molecule has 12 heteroatoms. The predicted molar refractivity (Wildman–Crippen MR) is 150 cm³/mol. The third-order valence-electron chi connectivity index (χ3n) is 6.24. The molecule has 1 aromatic rings. The molecule has 0 aromatic heterocycles. The van der Waals surface area contributed by atoms with E-state index in [0.717, 1.165) is 25.0 Å². The van der Waals surface area contributed by atoms with E-state index in [9.17, 15) is 19.2 Å². The maximum Gasteiger partial charge on any atom is 0.338 e. The molecule has 2 fully saturated rings. The molecule has 222 valence electrons. The summed E-state index contributed by atoms with van der Waals surface area (Å²) >= 11 is 1.89. The first kappa shape index (κ1) is 31.7. The Morgan fingerprint density at radius 2 is 1.57 bits per heavy atom. The van der Waals surface area contributed by atoms with E-state index in [4.69, 9.17) is 18.9 Å². The van der Waals surface area contributed by atoms with Crippen LogP contribution in [-0.2, 0) is 23.7 Å². The number of hydrogen-bond acceptors (Lipinski definition) is 9. The zero-order chi connectivity index (χ0) is 29.0. The molecular weight excluding hydrogens is 538 g/mol. The van der Waals surface area contributed by atoms with E-state index in [2.05, 4.69) is 16.0 Å². The van der Waals surface area contributed by atoms with Gasteiger partial charge in [-0.05, 0) is 57.9 Å². The van der Waals surface area contributed by atoms with Crippen molar-refractivity contribution < 1.29 is 38.1 Å². The van der Waals surface area contributed by atoms with Gasteiger partial charge in [0.2, 0.25) is 5.91 Å². The lowest BCUT2D eigenvalue weighted by atomic mass is 10.0. The number of ether oxygens (including phenoxy) is 4. The summed E-state index contributed by atoms with van der Waals surface area (Å²) in [7, 11) is 0. The highest BCUT2D eigenvalue weighted by atomic mass is 32.2. The van der Waals surface area contributed by atoms with Gasteiger partial charge in [0.15, 0.2) is 0 Å². The summed E-state index contributed by atoms with van der Waals surface area (Å²) < 4.78 is 21.3. The van der Waals surface area contributed by atoms with Crippen molar-refractivity contribution in [1.82, 2.24) is 16.0 Å². The molecule has 1 unspecified atom stereocenters. The number of carbonyl (C=O) groups excluding carboxylic acids is 4. The van der Waals surface area contributed by atoms with Gasteiger partial charge in [-0.1, -0.05) is 6.42 Å². The van der Waals surface area contributed by atoms with Gasteiger partial charge in [0, 0.05) is 24.0 Å². The van der Waals surface area contributed by atoms with Crippen LogP contribution in [-0.4, -0.2) is 92.1 Å². The smallest absolute Gasteiger partial charge is 0.338 e. The highest BCUT2D eigenvalue weighted by Crippen LogP contribution is 2.33. The fourth-order valence-electron chi connectivity index (χ4n) is 4.30. The summed E-state index contributed by atoms with van der Waals surface area (Å²) in [4.78, 5) is 47.6. The Hall–Kier alpha value is -2.83. The lowest BCUT2D eigenvalue weighted by Crippen LogP contribution is -2.36. The molecule has 3 amide bonds. The number of nitrogens with one attached hydrogen (secondary N) is 3. The molecular formula is C28H41N3O8S. The third kappa shape index (κ3) is 11.0. The number of hydrogen-bond donors (Lipinski definition) is 3. The maximum absolute atomic E-state index is 12.1. The lowest BCUT2D eigenvalue weighted by molar-refractivity contribution is -0.121. The van der Waals surface area contributed by atoms with Crippen molar-refractivity contribution in [3.05, 3.63) is 35.4 Å². The molecule has 0 saturated carbocycles. The van der Waals surface area contributed by atoms with Crippen molar-refractivity contribution >= 4 is 35.6 Å². The van der Waals surface area contributed by atoms with Crippen LogP contribution in [0.15, 0.2) is 24.3 Å². The second-order valence-corrected chi connectivity index (χ2v) is 11.9. The summed E-state index contributed by atoms with van der Waals surface area (Å²) in [6.07, 6.45) is 3.24. The second kappa shape index (κ2) is 15.8. The van der Waals surface area contributed by atoms with Gasteiger partial charge < -0.3 is 34.9 Å². The highest BCUT2D eigenvalue weighted by molar-refractivity contribution is 8.00. The number of carbonyl (C=O) groups is 4. The van der Waals surface area contributed by atoms with Crippen molar-refractivity contribution in [3.63, 3.8) is 0 Å². The number of unbranched alkanes of at least 4 members (excludes halogenated alkanes) is 1. The third-order valence-corrected chi connectivity index (χ3v) is 7.75. The summed E-state index contributed by atoms with van der Waals surface area (Å²) in [5.41, 5.74) is 0.104. The Bertz CT molecular complexity index is 998. The van der Waals surface area contributed by atoms with Crippen molar-refractivity contribution in [2.24, 2.45) is 0 Å². The van der Waals surface area contributed by atoms with E-state index in [1.807, 2.05) is 11.8 Å². The molecule has 3 rings (SSSR count). The normalized spacial score (nSPS) is 19.9. The molecule has 0 aliphatic carbocycles. The topological polar surface area (TPSA) is 141 Å². The Labute approximate surface area is 239 Å². The number of benzene rings is 1. The quantitative estimate of drug-likeness (QED) is 0.153. The summed E-state index contributed by atoms with van der Waals surface area (Å²) in [5, 5.41) is 9.20. The number of fused-ring (bicyclic) bond motifs is 1. The minimum absolute atomic E-state index is 0.00827. The first-order valence-electron chi connectivity index (χ1n) is 13.7. The van der Waals surface area contributed by atoms with Crippen LogP contribution in [0.3, 0.4) is 0 Å². The van der Waals surface area contributed by atoms with E-state index in [-0.39, 0.29) is 37.2 Å². The molecule has 2 aliphatic heterocycles. The van der Waals surface area contributed by atoms with Crippen LogP contribution < -0.4 is 16.0 Å². The second-order valence-electron chi connectivity index (χ2n) is 10.7. The van der Waals surface area contributed by atoms with E-state index in [1.165, 1.54) is 24.3 Å². The minimum atomic E-state index is -0.592. The molecule has 11 nitrogen and oxygen atoms in total. The first-order valence-corrected chi connectivity index (χ1v) is 14.8. The average molecular weight is 580 g/mol. The molecule has 40 heavy (non-hydrogen) atoms. The SMILES string of the molecule is CC(C)(C)OC(=O)c1ccc(C(=O)OCCOCCOCCNC(=O)CCCCC2SC[C@H]3NC(=O)N[C@@H]23)cc1. The van der Waals surface area contributed by atoms with E-state index >= 15 is 0 Å². The number of esters is 2. The van der Waals surface area contributed by atoms with Gasteiger partial charge in [-0.15, -0.1) is 0 Å². The van der Waals surface area contributed by atoms with Crippen molar-refractivity contribution in [3.8, 4) is 0 Å². The summed E-state index contributed by atoms with van der Waals surface area (Å²) in [6.45, 7) is 7.21. The number of amides is 3. The molecule has 0 bridgehead atoms. The molecule has 0 spiro atoms. The maximum atomic E-state index is 12.1. The fraction of sp³-hybridized carbons (Fsp3) is 0.643. The number of urea groups is 1. The van der Waals surface area contributed by atoms with E-state index in [0.29, 0.717) is 49.2 Å². The minimum Gasteiger partial charge on any atom is -0.460 e. The van der Waals surface area contributed by atoms with Crippen molar-refractivity contribution in [2.45, 2.75) is 69.4 Å². The van der Waals surface area contributed by atoms with Gasteiger partial charge in [0.25, 0.3) is 0 Å². The van der Waals surface area contributed by atoms with E-state index < -0.39 is 17.5 Å². The summed E-state index contributed by atoms with van der Waals surface area (Å²) in [6, 6.07) is 6.47. The molecule has 2 saturated heterocycles. The van der Waals surface area contributed by atoms with Crippen molar-refractivity contribution in [1.29, 1.82) is 0 Å². The standard InChI is InChI=1S/C28H41N3O8S/c1-28(2,3)39-26(34)20-10-8-19(9-11-20)25(33)38-17-16-37-15-14-36-13-12-29-23(32)7-5-4-6-22-24-21(18-40-22)30-27(35)31-24/h8-11,21-22,24H,4-7,12-18H2,1-3H3,(H,29,32)(H2,30,31,35)/t21-,22?,24-/m1/s1. The van der Waals surface area contributed by atoms with Crippen LogP contribution in [0, 0.1) is 0 Å². The first-order chi connectivity index (χ1) is 19.1. The van der Waals surface area contributed by atoms with Crippen LogP contribution >= 0.6 is 11.8 Å². The molecule has 2 heterocycles. The molecule has 0 radical (unpaired) electrons. The fourth-order valence-corrected chi connectivity index (χ4v) is 5.85. The number of thioether (sulfide) groups is 1. The Balaban J connectivity index is 1.12. The Morgan fingerprint density at radius 1 is 0.925 bits per heavy atom. The number of rotatable bonds is 16. The molecule has 3 N–H and O–H groups in total. The van der Waals surface area contributed by atoms with Crippen LogP contribution in [0.1, 0.15) is 67.2 Å². The Kier molecular flexibility index (Phi) is 12.5. The molecule has 1 aromatic carbocycles.